The number of hydrogen-bond donors (Lipinski definition) is 1. The summed E-state index contributed by atoms with van der Waals surface area (Å²) < 4.78 is 10.5. The van der Waals surface area contributed by atoms with Crippen molar-refractivity contribution in [1.82, 2.24) is 15.5 Å². The molecule has 0 saturated carbocycles. The predicted molar refractivity (Wildman–Crippen MR) is 80.0 cm³/mol. The zero-order valence-corrected chi connectivity index (χ0v) is 13.1. The third-order valence-electron chi connectivity index (χ3n) is 2.32. The minimum absolute atomic E-state index is 0.365. The van der Waals surface area contributed by atoms with Gasteiger partial charge >= 0.3 is 0 Å². The first-order valence-corrected chi connectivity index (χ1v) is 7.42. The Labute approximate surface area is 130 Å². The normalized spacial score (nSPS) is 10.8. The number of benzene rings is 1. The second kappa shape index (κ2) is 7.75. The summed E-state index contributed by atoms with van der Waals surface area (Å²) in [5, 5.41) is 13.2. The lowest BCUT2D eigenvalue weighted by molar-refractivity contribution is 0.199. The smallest absolute Gasteiger partial charge is 0.299 e. The standard InChI is InChI=1S/C12H13Cl2N3O2S/c1-18-6-5-15-7-10-16-17-12(20-10)19-9-4-2-3-8(13)11(9)14/h2-4,15H,5-7H2,1H3. The number of aromatic nitrogens is 2. The molecule has 0 fully saturated rings. The summed E-state index contributed by atoms with van der Waals surface area (Å²) in [6, 6.07) is 5.19. The molecule has 8 heteroatoms. The molecule has 0 spiro atoms. The minimum atomic E-state index is 0.365. The Morgan fingerprint density at radius 1 is 1.30 bits per heavy atom. The summed E-state index contributed by atoms with van der Waals surface area (Å²) in [4.78, 5) is 0. The molecule has 1 aromatic heterocycles. The zero-order chi connectivity index (χ0) is 14.4. The van der Waals surface area contributed by atoms with Gasteiger partial charge in [0.05, 0.1) is 11.6 Å². The zero-order valence-electron chi connectivity index (χ0n) is 10.7. The molecule has 0 aliphatic rings. The number of ether oxygens (including phenoxy) is 2. The van der Waals surface area contributed by atoms with Crippen molar-refractivity contribution in [2.24, 2.45) is 0 Å². The van der Waals surface area contributed by atoms with Crippen LogP contribution in [-0.4, -0.2) is 30.5 Å². The van der Waals surface area contributed by atoms with Crippen LogP contribution in [0.25, 0.3) is 0 Å². The summed E-state index contributed by atoms with van der Waals surface area (Å²) in [6.45, 7) is 2.03. The fraction of sp³-hybridized carbons (Fsp3) is 0.333. The maximum Gasteiger partial charge on any atom is 0.299 e. The number of nitrogens with one attached hydrogen (secondary N) is 1. The predicted octanol–water partition coefficient (Wildman–Crippen LogP) is 3.37. The molecule has 1 aromatic carbocycles. The van der Waals surface area contributed by atoms with Crippen LogP contribution < -0.4 is 10.1 Å². The molecule has 108 valence electrons. The van der Waals surface area contributed by atoms with E-state index in [0.29, 0.717) is 34.1 Å². The molecule has 0 saturated heterocycles. The second-order valence-corrected chi connectivity index (χ2v) is 5.60. The first-order chi connectivity index (χ1) is 9.70. The van der Waals surface area contributed by atoms with E-state index in [0.717, 1.165) is 11.6 Å². The van der Waals surface area contributed by atoms with Crippen molar-refractivity contribution >= 4 is 34.5 Å². The molecule has 5 nitrogen and oxygen atoms in total. The van der Waals surface area contributed by atoms with E-state index in [1.165, 1.54) is 11.3 Å². The van der Waals surface area contributed by atoms with Gasteiger partial charge in [-0.05, 0) is 12.1 Å². The Morgan fingerprint density at radius 3 is 2.95 bits per heavy atom. The quantitative estimate of drug-likeness (QED) is 0.787. The van der Waals surface area contributed by atoms with E-state index in [9.17, 15) is 0 Å². The van der Waals surface area contributed by atoms with E-state index in [4.69, 9.17) is 32.7 Å². The second-order valence-electron chi connectivity index (χ2n) is 3.79. The van der Waals surface area contributed by atoms with Crippen LogP contribution in [0.2, 0.25) is 10.0 Å². The lowest BCUT2D eigenvalue weighted by atomic mass is 10.3. The van der Waals surface area contributed by atoms with Crippen LogP contribution in [-0.2, 0) is 11.3 Å². The number of hydrogen-bond acceptors (Lipinski definition) is 6. The lowest BCUT2D eigenvalue weighted by Crippen LogP contribution is -2.18. The Kier molecular flexibility index (Phi) is 6.00. The Balaban J connectivity index is 1.94. The van der Waals surface area contributed by atoms with Gasteiger partial charge in [-0.15, -0.1) is 5.10 Å². The molecular weight excluding hydrogens is 321 g/mol. The van der Waals surface area contributed by atoms with E-state index in [1.807, 2.05) is 0 Å². The maximum atomic E-state index is 6.04. The minimum Gasteiger partial charge on any atom is -0.428 e. The topological polar surface area (TPSA) is 56.3 Å². The molecule has 0 unspecified atom stereocenters. The van der Waals surface area contributed by atoms with Gasteiger partial charge in [-0.3, -0.25) is 0 Å². The average molecular weight is 334 g/mol. The molecule has 20 heavy (non-hydrogen) atoms. The third-order valence-corrected chi connectivity index (χ3v) is 3.92. The van der Waals surface area contributed by atoms with Crippen molar-refractivity contribution in [2.75, 3.05) is 20.3 Å². The highest BCUT2D eigenvalue weighted by atomic mass is 35.5. The molecule has 0 amide bonds. The fourth-order valence-electron chi connectivity index (χ4n) is 1.38. The van der Waals surface area contributed by atoms with Gasteiger partial charge < -0.3 is 14.8 Å². The highest BCUT2D eigenvalue weighted by Crippen LogP contribution is 2.35. The number of methoxy groups -OCH3 is 1. The van der Waals surface area contributed by atoms with E-state index in [2.05, 4.69) is 15.5 Å². The van der Waals surface area contributed by atoms with Crippen LogP contribution in [0.5, 0.6) is 10.9 Å². The lowest BCUT2D eigenvalue weighted by Gasteiger charge is -2.04. The molecule has 0 bridgehead atoms. The van der Waals surface area contributed by atoms with Gasteiger partial charge in [-0.2, -0.15) is 0 Å². The molecule has 2 aromatic rings. The van der Waals surface area contributed by atoms with Crippen LogP contribution in [0.15, 0.2) is 18.2 Å². The van der Waals surface area contributed by atoms with Crippen molar-refractivity contribution in [1.29, 1.82) is 0 Å². The van der Waals surface area contributed by atoms with Crippen molar-refractivity contribution < 1.29 is 9.47 Å². The summed E-state index contributed by atoms with van der Waals surface area (Å²) in [5.41, 5.74) is 0. The fourth-order valence-corrected chi connectivity index (χ4v) is 2.38. The Morgan fingerprint density at radius 2 is 2.15 bits per heavy atom. The van der Waals surface area contributed by atoms with Crippen LogP contribution in [0, 0.1) is 0 Å². The number of rotatable bonds is 7. The van der Waals surface area contributed by atoms with Crippen molar-refractivity contribution in [2.45, 2.75) is 6.54 Å². The molecule has 0 radical (unpaired) electrons. The third kappa shape index (κ3) is 4.29. The SMILES string of the molecule is COCCNCc1nnc(Oc2cccc(Cl)c2Cl)s1. The van der Waals surface area contributed by atoms with Gasteiger partial charge in [0, 0.05) is 20.2 Å². The molecule has 2 rings (SSSR count). The number of nitrogens with zero attached hydrogens (tertiary/aromatic N) is 2. The van der Waals surface area contributed by atoms with E-state index in [1.54, 1.807) is 25.3 Å². The summed E-state index contributed by atoms with van der Waals surface area (Å²) in [5.74, 6) is 0.467. The average Bonchev–Trinajstić information content (AvgIpc) is 2.88. The first kappa shape index (κ1) is 15.5. The van der Waals surface area contributed by atoms with Gasteiger partial charge in [0.1, 0.15) is 10.0 Å². The largest absolute Gasteiger partial charge is 0.428 e. The highest BCUT2D eigenvalue weighted by Gasteiger charge is 2.10. The van der Waals surface area contributed by atoms with Crippen LogP contribution in [0.1, 0.15) is 5.01 Å². The summed E-state index contributed by atoms with van der Waals surface area (Å²) in [6.07, 6.45) is 0. The van der Waals surface area contributed by atoms with Crippen molar-refractivity contribution in [3.63, 3.8) is 0 Å². The van der Waals surface area contributed by atoms with E-state index >= 15 is 0 Å². The Hall–Kier alpha value is -0.920. The van der Waals surface area contributed by atoms with Crippen LogP contribution >= 0.6 is 34.5 Å². The van der Waals surface area contributed by atoms with Crippen molar-refractivity contribution in [3.05, 3.63) is 33.3 Å². The highest BCUT2D eigenvalue weighted by molar-refractivity contribution is 7.13. The molecule has 0 atom stereocenters. The summed E-state index contributed by atoms with van der Waals surface area (Å²) >= 11 is 13.3. The van der Waals surface area contributed by atoms with Crippen molar-refractivity contribution in [3.8, 4) is 10.9 Å². The van der Waals surface area contributed by atoms with Gasteiger partial charge in [0.25, 0.3) is 5.19 Å². The Bertz CT molecular complexity index is 565. The van der Waals surface area contributed by atoms with Gasteiger partial charge in [-0.25, -0.2) is 0 Å². The molecule has 1 N–H and O–H groups in total. The van der Waals surface area contributed by atoms with Gasteiger partial charge in [0.15, 0.2) is 5.75 Å². The molecule has 1 heterocycles. The molecule has 0 aliphatic heterocycles. The van der Waals surface area contributed by atoms with Crippen LogP contribution in [0.4, 0.5) is 0 Å². The van der Waals surface area contributed by atoms with E-state index in [-0.39, 0.29) is 0 Å². The summed E-state index contributed by atoms with van der Waals surface area (Å²) in [7, 11) is 1.66. The maximum absolute atomic E-state index is 6.04. The van der Waals surface area contributed by atoms with Gasteiger partial charge in [0.2, 0.25) is 0 Å². The van der Waals surface area contributed by atoms with Crippen LogP contribution in [0.3, 0.4) is 0 Å². The molecular formula is C12H13Cl2N3O2S. The first-order valence-electron chi connectivity index (χ1n) is 5.84. The molecule has 0 aliphatic carbocycles. The number of halogens is 2. The van der Waals surface area contributed by atoms with Gasteiger partial charge in [-0.1, -0.05) is 45.7 Å². The van der Waals surface area contributed by atoms with E-state index < -0.39 is 0 Å². The monoisotopic (exact) mass is 333 g/mol.